The van der Waals surface area contributed by atoms with Crippen LogP contribution in [0.25, 0.3) is 0 Å². The van der Waals surface area contributed by atoms with Crippen LogP contribution in [-0.2, 0) is 11.3 Å². The molecule has 7 nitrogen and oxygen atoms in total. The fourth-order valence-corrected chi connectivity index (χ4v) is 2.15. The maximum absolute atomic E-state index is 12.1. The molecule has 0 aromatic heterocycles. The topological polar surface area (TPSA) is 90.7 Å². The summed E-state index contributed by atoms with van der Waals surface area (Å²) >= 11 is 0. The summed E-state index contributed by atoms with van der Waals surface area (Å²) in [7, 11) is 1.12. The Balaban J connectivity index is 2.04. The second-order valence-electron chi connectivity index (χ2n) is 5.38. The molecule has 0 aliphatic rings. The number of hydrogen-bond donors (Lipinski definition) is 1. The van der Waals surface area contributed by atoms with Crippen LogP contribution in [0.2, 0.25) is 0 Å². The van der Waals surface area contributed by atoms with E-state index in [0.29, 0.717) is 5.69 Å². The Morgan fingerprint density at radius 1 is 1.19 bits per heavy atom. The molecule has 0 radical (unpaired) electrons. The van der Waals surface area contributed by atoms with Crippen molar-refractivity contribution < 1.29 is 32.4 Å². The highest BCUT2D eigenvalue weighted by molar-refractivity contribution is 5.95. The first-order chi connectivity index (χ1) is 12.7. The minimum Gasteiger partial charge on any atom is -0.484 e. The summed E-state index contributed by atoms with van der Waals surface area (Å²) in [5.74, 6) is -0.754. The Hall–Kier alpha value is -3.30. The van der Waals surface area contributed by atoms with Gasteiger partial charge < -0.3 is 14.8 Å². The van der Waals surface area contributed by atoms with Crippen LogP contribution < -0.4 is 10.1 Å². The summed E-state index contributed by atoms with van der Waals surface area (Å²) < 4.78 is 45.5. The van der Waals surface area contributed by atoms with E-state index in [0.717, 1.165) is 12.7 Å². The summed E-state index contributed by atoms with van der Waals surface area (Å²) in [5, 5.41) is 13.9. The molecule has 2 aromatic carbocycles. The van der Waals surface area contributed by atoms with Gasteiger partial charge in [-0.05, 0) is 29.8 Å². The number of carbonyl (C=O) groups excluding carboxylic acids is 1. The van der Waals surface area contributed by atoms with Crippen molar-refractivity contribution >= 4 is 17.3 Å². The smallest absolute Gasteiger partial charge is 0.422 e. The van der Waals surface area contributed by atoms with Gasteiger partial charge in [0.1, 0.15) is 11.3 Å². The van der Waals surface area contributed by atoms with Crippen LogP contribution >= 0.6 is 0 Å². The first-order valence-electron chi connectivity index (χ1n) is 7.59. The van der Waals surface area contributed by atoms with E-state index < -0.39 is 23.7 Å². The maximum Gasteiger partial charge on any atom is 0.422 e. The van der Waals surface area contributed by atoms with E-state index in [1.54, 1.807) is 12.1 Å². The molecule has 0 bridgehead atoms. The lowest BCUT2D eigenvalue weighted by molar-refractivity contribution is -0.385. The molecule has 0 spiro atoms. The number of nitro benzene ring substituents is 1. The number of methoxy groups -OCH3 is 1. The molecule has 0 saturated carbocycles. The van der Waals surface area contributed by atoms with E-state index >= 15 is 0 Å². The monoisotopic (exact) mass is 384 g/mol. The average Bonchev–Trinajstić information content (AvgIpc) is 2.64. The summed E-state index contributed by atoms with van der Waals surface area (Å²) in [4.78, 5) is 22.0. The van der Waals surface area contributed by atoms with Gasteiger partial charge >= 0.3 is 12.1 Å². The number of nitrogens with zero attached hydrogens (tertiary/aromatic N) is 1. The minimum absolute atomic E-state index is 0.0828. The second kappa shape index (κ2) is 8.39. The van der Waals surface area contributed by atoms with E-state index in [2.05, 4.69) is 14.8 Å². The zero-order valence-corrected chi connectivity index (χ0v) is 14.1. The number of alkyl halides is 3. The van der Waals surface area contributed by atoms with Crippen molar-refractivity contribution in [2.24, 2.45) is 0 Å². The molecule has 2 rings (SSSR count). The van der Waals surface area contributed by atoms with E-state index in [9.17, 15) is 28.1 Å². The van der Waals surface area contributed by atoms with Crippen LogP contribution in [0.1, 0.15) is 15.9 Å². The number of carbonyl (C=O) groups is 1. The Morgan fingerprint density at radius 3 is 2.41 bits per heavy atom. The van der Waals surface area contributed by atoms with Gasteiger partial charge in [-0.25, -0.2) is 4.79 Å². The summed E-state index contributed by atoms with van der Waals surface area (Å²) in [6.07, 6.45) is -4.41. The fourth-order valence-electron chi connectivity index (χ4n) is 2.15. The van der Waals surface area contributed by atoms with Crippen molar-refractivity contribution in [1.82, 2.24) is 0 Å². The predicted octanol–water partition coefficient (Wildman–Crippen LogP) is 3.93. The van der Waals surface area contributed by atoms with Gasteiger partial charge in [0.15, 0.2) is 6.61 Å². The lowest BCUT2D eigenvalue weighted by Crippen LogP contribution is -2.19. The number of halogens is 3. The molecule has 0 fully saturated rings. The van der Waals surface area contributed by atoms with Crippen molar-refractivity contribution in [3.05, 3.63) is 63.7 Å². The molecule has 2 aromatic rings. The Kier molecular flexibility index (Phi) is 6.22. The molecule has 0 saturated heterocycles. The Bertz CT molecular complexity index is 822. The maximum atomic E-state index is 12.1. The van der Waals surface area contributed by atoms with Gasteiger partial charge in [-0.1, -0.05) is 12.1 Å². The molecule has 144 valence electrons. The highest BCUT2D eigenvalue weighted by atomic mass is 19.4. The molecule has 0 unspecified atom stereocenters. The molecule has 0 aliphatic carbocycles. The largest absolute Gasteiger partial charge is 0.484 e. The molecule has 1 N–H and O–H groups in total. The van der Waals surface area contributed by atoms with Gasteiger partial charge in [-0.3, -0.25) is 10.1 Å². The Labute approximate surface area is 151 Å². The minimum atomic E-state index is -4.41. The first kappa shape index (κ1) is 20.0. The summed E-state index contributed by atoms with van der Waals surface area (Å²) in [5.41, 5.74) is 0.604. The van der Waals surface area contributed by atoms with Crippen LogP contribution in [-0.4, -0.2) is 30.8 Å². The molecule has 27 heavy (non-hydrogen) atoms. The summed E-state index contributed by atoms with van der Waals surface area (Å²) in [6.45, 7) is -1.10. The third kappa shape index (κ3) is 5.87. The number of ether oxygens (including phenoxy) is 2. The van der Waals surface area contributed by atoms with Gasteiger partial charge in [0.2, 0.25) is 0 Å². The van der Waals surface area contributed by atoms with Crippen LogP contribution in [0.5, 0.6) is 5.75 Å². The number of esters is 1. The van der Waals surface area contributed by atoms with E-state index in [1.165, 1.54) is 30.3 Å². The van der Waals surface area contributed by atoms with Crippen LogP contribution in [0, 0.1) is 10.1 Å². The van der Waals surface area contributed by atoms with Gasteiger partial charge in [-0.15, -0.1) is 0 Å². The number of rotatable bonds is 7. The number of nitro groups is 1. The van der Waals surface area contributed by atoms with Crippen molar-refractivity contribution in [3.8, 4) is 5.75 Å². The number of anilines is 1. The lowest BCUT2D eigenvalue weighted by Gasteiger charge is -2.11. The van der Waals surface area contributed by atoms with Crippen molar-refractivity contribution in [1.29, 1.82) is 0 Å². The molecule has 0 heterocycles. The molecule has 10 heteroatoms. The number of hydrogen-bond acceptors (Lipinski definition) is 6. The first-order valence-corrected chi connectivity index (χ1v) is 7.59. The molecule has 0 amide bonds. The fraction of sp³-hybridized carbons (Fsp3) is 0.235. The average molecular weight is 384 g/mol. The van der Waals surface area contributed by atoms with Crippen molar-refractivity contribution in [3.63, 3.8) is 0 Å². The molecule has 0 atom stereocenters. The third-order valence-electron chi connectivity index (χ3n) is 3.42. The second-order valence-corrected chi connectivity index (χ2v) is 5.38. The zero-order valence-electron chi connectivity index (χ0n) is 14.1. The SMILES string of the molecule is COC(=O)c1cc(NCc2ccc(OCC(F)(F)F)cc2)ccc1[N+](=O)[O-]. The van der Waals surface area contributed by atoms with Gasteiger partial charge in [0.05, 0.1) is 12.0 Å². The van der Waals surface area contributed by atoms with Gasteiger partial charge in [0, 0.05) is 18.3 Å². The molecule has 0 aliphatic heterocycles. The standard InChI is InChI=1S/C17H15F3N2O5/c1-26-16(23)14-8-12(4-7-15(14)22(24)25)21-9-11-2-5-13(6-3-11)27-10-17(18,19)20/h2-8,21H,9-10H2,1H3. The third-order valence-corrected chi connectivity index (χ3v) is 3.42. The molecular formula is C17H15F3N2O5. The van der Waals surface area contributed by atoms with Crippen LogP contribution in [0.15, 0.2) is 42.5 Å². The highest BCUT2D eigenvalue weighted by Crippen LogP contribution is 2.24. The van der Waals surface area contributed by atoms with Crippen LogP contribution in [0.3, 0.4) is 0 Å². The van der Waals surface area contributed by atoms with E-state index in [1.807, 2.05) is 0 Å². The van der Waals surface area contributed by atoms with E-state index in [4.69, 9.17) is 0 Å². The van der Waals surface area contributed by atoms with E-state index in [-0.39, 0.29) is 23.5 Å². The lowest BCUT2D eigenvalue weighted by atomic mass is 10.1. The highest BCUT2D eigenvalue weighted by Gasteiger charge is 2.28. The normalized spacial score (nSPS) is 11.0. The predicted molar refractivity (Wildman–Crippen MR) is 89.8 cm³/mol. The zero-order chi connectivity index (χ0) is 20.0. The number of benzene rings is 2. The Morgan fingerprint density at radius 2 is 1.85 bits per heavy atom. The quantitative estimate of drug-likeness (QED) is 0.442. The molecular weight excluding hydrogens is 369 g/mol. The van der Waals surface area contributed by atoms with Gasteiger partial charge in [0.25, 0.3) is 5.69 Å². The number of nitrogens with one attached hydrogen (secondary N) is 1. The van der Waals surface area contributed by atoms with Gasteiger partial charge in [-0.2, -0.15) is 13.2 Å². The summed E-state index contributed by atoms with van der Waals surface area (Å²) in [6, 6.07) is 9.87. The van der Waals surface area contributed by atoms with Crippen molar-refractivity contribution in [2.75, 3.05) is 19.0 Å². The van der Waals surface area contributed by atoms with Crippen molar-refractivity contribution in [2.45, 2.75) is 12.7 Å². The van der Waals surface area contributed by atoms with Crippen LogP contribution in [0.4, 0.5) is 24.5 Å².